The minimum Gasteiger partial charge on any atom is -0.491 e. The van der Waals surface area contributed by atoms with E-state index in [1.165, 1.54) is 5.56 Å². The van der Waals surface area contributed by atoms with E-state index in [1.807, 2.05) is 26.0 Å². The normalized spacial score (nSPS) is 11.9. The molecular formula is C16H23NO2. The van der Waals surface area contributed by atoms with Crippen LogP contribution in [0.2, 0.25) is 0 Å². The Balaban J connectivity index is 2.22. The number of aliphatic hydroxyl groups excluding tert-OH is 1. The molecule has 0 saturated carbocycles. The number of hydrogen-bond acceptors (Lipinski definition) is 3. The van der Waals surface area contributed by atoms with E-state index in [2.05, 4.69) is 17.3 Å². The van der Waals surface area contributed by atoms with Crippen molar-refractivity contribution in [1.29, 1.82) is 0 Å². The van der Waals surface area contributed by atoms with E-state index < -0.39 is 6.10 Å². The summed E-state index contributed by atoms with van der Waals surface area (Å²) in [5.74, 6) is 3.42. The summed E-state index contributed by atoms with van der Waals surface area (Å²) in [6.07, 6.45) is 6.35. The van der Waals surface area contributed by atoms with Gasteiger partial charge in [-0.05, 0) is 38.4 Å². The Morgan fingerprint density at radius 2 is 2.21 bits per heavy atom. The van der Waals surface area contributed by atoms with Crippen LogP contribution in [0.25, 0.3) is 0 Å². The van der Waals surface area contributed by atoms with Gasteiger partial charge in [-0.1, -0.05) is 17.7 Å². The molecule has 104 valence electrons. The monoisotopic (exact) mass is 261 g/mol. The van der Waals surface area contributed by atoms with E-state index in [4.69, 9.17) is 11.2 Å². The molecule has 1 atom stereocenters. The molecule has 0 heterocycles. The van der Waals surface area contributed by atoms with Gasteiger partial charge in [-0.25, -0.2) is 0 Å². The minimum atomic E-state index is -0.508. The molecule has 1 aromatic carbocycles. The summed E-state index contributed by atoms with van der Waals surface area (Å²) in [7, 11) is 0. The first kappa shape index (κ1) is 15.6. The molecule has 0 aliphatic heterocycles. The number of rotatable bonds is 8. The highest BCUT2D eigenvalue weighted by Crippen LogP contribution is 2.18. The van der Waals surface area contributed by atoms with Gasteiger partial charge in [-0.2, -0.15) is 0 Å². The van der Waals surface area contributed by atoms with Gasteiger partial charge in [0.1, 0.15) is 18.5 Å². The van der Waals surface area contributed by atoms with Gasteiger partial charge in [0.25, 0.3) is 0 Å². The van der Waals surface area contributed by atoms with Crippen molar-refractivity contribution in [1.82, 2.24) is 5.32 Å². The molecule has 1 unspecified atom stereocenters. The lowest BCUT2D eigenvalue weighted by molar-refractivity contribution is 0.106. The van der Waals surface area contributed by atoms with Crippen LogP contribution in [-0.4, -0.2) is 30.9 Å². The smallest absolute Gasteiger partial charge is 0.122 e. The van der Waals surface area contributed by atoms with Crippen molar-refractivity contribution >= 4 is 0 Å². The highest BCUT2D eigenvalue weighted by atomic mass is 16.5. The van der Waals surface area contributed by atoms with Crippen LogP contribution in [0.4, 0.5) is 0 Å². The number of benzene rings is 1. The molecule has 0 aliphatic carbocycles. The number of nitrogens with one attached hydrogen (secondary N) is 1. The molecule has 0 saturated heterocycles. The maximum atomic E-state index is 9.78. The van der Waals surface area contributed by atoms with Crippen LogP contribution in [0, 0.1) is 26.2 Å². The van der Waals surface area contributed by atoms with Crippen LogP contribution in [0.1, 0.15) is 24.0 Å². The van der Waals surface area contributed by atoms with Crippen molar-refractivity contribution in [2.24, 2.45) is 0 Å². The zero-order valence-corrected chi connectivity index (χ0v) is 11.8. The Labute approximate surface area is 116 Å². The molecule has 0 amide bonds. The number of aliphatic hydroxyl groups is 1. The Bertz CT molecular complexity index is 423. The van der Waals surface area contributed by atoms with Gasteiger partial charge >= 0.3 is 0 Å². The summed E-state index contributed by atoms with van der Waals surface area (Å²) in [5, 5.41) is 12.9. The van der Waals surface area contributed by atoms with Crippen molar-refractivity contribution < 1.29 is 9.84 Å². The molecule has 1 aromatic rings. The fraction of sp³-hybridized carbons (Fsp3) is 0.500. The summed E-state index contributed by atoms with van der Waals surface area (Å²) in [6.45, 7) is 5.70. The van der Waals surface area contributed by atoms with Crippen LogP contribution >= 0.6 is 0 Å². The average Bonchev–Trinajstić information content (AvgIpc) is 2.37. The third kappa shape index (κ3) is 6.28. The second kappa shape index (κ2) is 8.58. The van der Waals surface area contributed by atoms with Gasteiger partial charge in [0, 0.05) is 13.0 Å². The van der Waals surface area contributed by atoms with Crippen LogP contribution in [0.3, 0.4) is 0 Å². The standard InChI is InChI=1S/C16H23NO2/c1-4-5-6-9-17-11-15(18)12-19-16-8-7-13(2)10-14(16)3/h1,7-8,10,15,17-18H,5-6,9,11-12H2,2-3H3. The lowest BCUT2D eigenvalue weighted by atomic mass is 10.1. The summed E-state index contributed by atoms with van der Waals surface area (Å²) in [5.41, 5.74) is 2.30. The zero-order valence-electron chi connectivity index (χ0n) is 11.8. The molecule has 0 fully saturated rings. The molecule has 0 radical (unpaired) electrons. The predicted octanol–water partition coefficient (Wildman–Crippen LogP) is 2.05. The SMILES string of the molecule is C#CCCCNCC(O)COc1ccc(C)cc1C. The molecule has 2 N–H and O–H groups in total. The molecule has 0 spiro atoms. The van der Waals surface area contributed by atoms with Crippen molar-refractivity contribution in [3.63, 3.8) is 0 Å². The van der Waals surface area contributed by atoms with Crippen molar-refractivity contribution in [2.75, 3.05) is 19.7 Å². The second-order valence-electron chi connectivity index (χ2n) is 4.75. The predicted molar refractivity (Wildman–Crippen MR) is 78.4 cm³/mol. The molecule has 0 aliphatic rings. The Kier molecular flexibility index (Phi) is 7.02. The van der Waals surface area contributed by atoms with Gasteiger partial charge in [-0.3, -0.25) is 0 Å². The topological polar surface area (TPSA) is 41.5 Å². The summed E-state index contributed by atoms with van der Waals surface area (Å²) in [4.78, 5) is 0. The molecule has 3 nitrogen and oxygen atoms in total. The number of terminal acetylenes is 1. The number of unbranched alkanes of at least 4 members (excludes halogenated alkanes) is 1. The molecular weight excluding hydrogens is 238 g/mol. The lowest BCUT2D eigenvalue weighted by Crippen LogP contribution is -2.32. The molecule has 3 heteroatoms. The first-order valence-electron chi connectivity index (χ1n) is 6.65. The van der Waals surface area contributed by atoms with E-state index in [1.54, 1.807) is 0 Å². The summed E-state index contributed by atoms with van der Waals surface area (Å²) >= 11 is 0. The van der Waals surface area contributed by atoms with Gasteiger partial charge in [0.15, 0.2) is 0 Å². The van der Waals surface area contributed by atoms with Gasteiger partial charge in [0.2, 0.25) is 0 Å². The fourth-order valence-corrected chi connectivity index (χ4v) is 1.79. The minimum absolute atomic E-state index is 0.298. The average molecular weight is 261 g/mol. The Morgan fingerprint density at radius 3 is 2.89 bits per heavy atom. The van der Waals surface area contributed by atoms with E-state index in [-0.39, 0.29) is 0 Å². The van der Waals surface area contributed by atoms with Crippen LogP contribution in [-0.2, 0) is 0 Å². The molecule has 0 bridgehead atoms. The summed E-state index contributed by atoms with van der Waals surface area (Å²) in [6, 6.07) is 6.02. The number of ether oxygens (including phenoxy) is 1. The van der Waals surface area contributed by atoms with Crippen LogP contribution in [0.5, 0.6) is 5.75 Å². The van der Waals surface area contributed by atoms with Crippen LogP contribution in [0.15, 0.2) is 18.2 Å². The van der Waals surface area contributed by atoms with E-state index in [0.717, 1.165) is 30.7 Å². The quantitative estimate of drug-likeness (QED) is 0.556. The van der Waals surface area contributed by atoms with Crippen molar-refractivity contribution in [2.45, 2.75) is 32.8 Å². The van der Waals surface area contributed by atoms with Crippen molar-refractivity contribution in [3.05, 3.63) is 29.3 Å². The van der Waals surface area contributed by atoms with E-state index in [0.29, 0.717) is 13.2 Å². The molecule has 19 heavy (non-hydrogen) atoms. The zero-order chi connectivity index (χ0) is 14.1. The van der Waals surface area contributed by atoms with Crippen molar-refractivity contribution in [3.8, 4) is 18.1 Å². The van der Waals surface area contributed by atoms with Gasteiger partial charge in [0.05, 0.1) is 0 Å². The number of hydrogen-bond donors (Lipinski definition) is 2. The second-order valence-corrected chi connectivity index (χ2v) is 4.75. The summed E-state index contributed by atoms with van der Waals surface area (Å²) < 4.78 is 5.61. The maximum absolute atomic E-state index is 9.78. The third-order valence-corrected chi connectivity index (χ3v) is 2.82. The highest BCUT2D eigenvalue weighted by Gasteiger charge is 2.06. The molecule has 0 aromatic heterocycles. The Hall–Kier alpha value is -1.50. The lowest BCUT2D eigenvalue weighted by Gasteiger charge is -2.14. The Morgan fingerprint density at radius 1 is 1.42 bits per heavy atom. The first-order chi connectivity index (χ1) is 9.13. The van der Waals surface area contributed by atoms with E-state index >= 15 is 0 Å². The molecule has 1 rings (SSSR count). The number of aryl methyl sites for hydroxylation is 2. The largest absolute Gasteiger partial charge is 0.491 e. The third-order valence-electron chi connectivity index (χ3n) is 2.82. The van der Waals surface area contributed by atoms with Crippen LogP contribution < -0.4 is 10.1 Å². The fourth-order valence-electron chi connectivity index (χ4n) is 1.79. The first-order valence-corrected chi connectivity index (χ1v) is 6.65. The maximum Gasteiger partial charge on any atom is 0.122 e. The van der Waals surface area contributed by atoms with E-state index in [9.17, 15) is 5.11 Å². The van der Waals surface area contributed by atoms with Gasteiger partial charge < -0.3 is 15.2 Å². The highest BCUT2D eigenvalue weighted by molar-refractivity contribution is 5.35. The van der Waals surface area contributed by atoms with Gasteiger partial charge in [-0.15, -0.1) is 12.3 Å².